The quantitative estimate of drug-likeness (QED) is 0.752. The Bertz CT molecular complexity index is 485. The molecule has 2 rings (SSSR count). The van der Waals surface area contributed by atoms with Crippen LogP contribution in [0.3, 0.4) is 0 Å². The molecule has 1 aromatic carbocycles. The van der Waals surface area contributed by atoms with Crippen LogP contribution in [0.5, 0.6) is 0 Å². The first-order chi connectivity index (χ1) is 11.1. The van der Waals surface area contributed by atoms with Gasteiger partial charge in [0.1, 0.15) is 0 Å². The first-order valence-electron chi connectivity index (χ1n) is 8.85. The van der Waals surface area contributed by atoms with E-state index in [9.17, 15) is 4.79 Å². The molecule has 0 spiro atoms. The molecule has 0 radical (unpaired) electrons. The van der Waals surface area contributed by atoms with Crippen molar-refractivity contribution in [2.75, 3.05) is 19.6 Å². The minimum atomic E-state index is 0. The fourth-order valence-electron chi connectivity index (χ4n) is 3.36. The SMILES string of the molecule is CC(C)CC(CN)NC(=O)C1CCCN(Cc2ccccc2)C1.Cl.Cl. The van der Waals surface area contributed by atoms with E-state index in [0.717, 1.165) is 38.9 Å². The van der Waals surface area contributed by atoms with E-state index < -0.39 is 0 Å². The summed E-state index contributed by atoms with van der Waals surface area (Å²) < 4.78 is 0. The highest BCUT2D eigenvalue weighted by Gasteiger charge is 2.27. The third-order valence-corrected chi connectivity index (χ3v) is 4.51. The van der Waals surface area contributed by atoms with Crippen molar-refractivity contribution in [2.24, 2.45) is 17.6 Å². The van der Waals surface area contributed by atoms with Gasteiger partial charge in [-0.3, -0.25) is 9.69 Å². The lowest BCUT2D eigenvalue weighted by Gasteiger charge is -2.33. The summed E-state index contributed by atoms with van der Waals surface area (Å²) in [4.78, 5) is 14.9. The highest BCUT2D eigenvalue weighted by molar-refractivity contribution is 5.85. The summed E-state index contributed by atoms with van der Waals surface area (Å²) in [6, 6.07) is 10.6. The summed E-state index contributed by atoms with van der Waals surface area (Å²) >= 11 is 0. The topological polar surface area (TPSA) is 58.4 Å². The Hall–Kier alpha value is -0.810. The third-order valence-electron chi connectivity index (χ3n) is 4.51. The smallest absolute Gasteiger partial charge is 0.224 e. The molecule has 2 unspecified atom stereocenters. The van der Waals surface area contributed by atoms with E-state index in [1.165, 1.54) is 5.56 Å². The predicted molar refractivity (Wildman–Crippen MR) is 109 cm³/mol. The van der Waals surface area contributed by atoms with E-state index in [1.54, 1.807) is 0 Å². The maximum absolute atomic E-state index is 12.6. The average Bonchev–Trinajstić information content (AvgIpc) is 2.55. The van der Waals surface area contributed by atoms with Crippen molar-refractivity contribution < 1.29 is 4.79 Å². The van der Waals surface area contributed by atoms with E-state index in [0.29, 0.717) is 12.5 Å². The van der Waals surface area contributed by atoms with Gasteiger partial charge in [0.05, 0.1) is 5.92 Å². The molecule has 1 fully saturated rings. The van der Waals surface area contributed by atoms with E-state index in [1.807, 2.05) is 6.07 Å². The first kappa shape index (κ1) is 24.2. The van der Waals surface area contributed by atoms with Gasteiger partial charge in [-0.25, -0.2) is 0 Å². The van der Waals surface area contributed by atoms with Gasteiger partial charge in [0, 0.05) is 25.7 Å². The van der Waals surface area contributed by atoms with Crippen LogP contribution in [-0.4, -0.2) is 36.5 Å². The number of amides is 1. The van der Waals surface area contributed by atoms with Crippen LogP contribution < -0.4 is 11.1 Å². The van der Waals surface area contributed by atoms with Crippen molar-refractivity contribution in [1.29, 1.82) is 0 Å². The van der Waals surface area contributed by atoms with Crippen molar-refractivity contribution in [1.82, 2.24) is 10.2 Å². The average molecular weight is 390 g/mol. The van der Waals surface area contributed by atoms with Crippen LogP contribution in [0.2, 0.25) is 0 Å². The van der Waals surface area contributed by atoms with Gasteiger partial charge in [-0.2, -0.15) is 0 Å². The monoisotopic (exact) mass is 389 g/mol. The molecule has 3 N–H and O–H groups in total. The number of hydrogen-bond acceptors (Lipinski definition) is 3. The van der Waals surface area contributed by atoms with Gasteiger partial charge in [0.15, 0.2) is 0 Å². The Morgan fingerprint density at radius 3 is 2.56 bits per heavy atom. The molecule has 0 aliphatic carbocycles. The summed E-state index contributed by atoms with van der Waals surface area (Å²) in [6.07, 6.45) is 3.02. The molecule has 0 bridgehead atoms. The molecular formula is C19H33Cl2N3O. The Morgan fingerprint density at radius 1 is 1.28 bits per heavy atom. The van der Waals surface area contributed by atoms with Crippen LogP contribution in [-0.2, 0) is 11.3 Å². The van der Waals surface area contributed by atoms with E-state index in [2.05, 4.69) is 48.3 Å². The Balaban J connectivity index is 0.00000288. The van der Waals surface area contributed by atoms with Gasteiger partial charge < -0.3 is 11.1 Å². The van der Waals surface area contributed by atoms with Crippen LogP contribution >= 0.6 is 24.8 Å². The Labute approximate surface area is 164 Å². The molecule has 1 aromatic rings. The second-order valence-electron chi connectivity index (χ2n) is 7.13. The fourth-order valence-corrected chi connectivity index (χ4v) is 3.36. The fraction of sp³-hybridized carbons (Fsp3) is 0.632. The van der Waals surface area contributed by atoms with Gasteiger partial charge in [-0.15, -0.1) is 24.8 Å². The van der Waals surface area contributed by atoms with Gasteiger partial charge >= 0.3 is 0 Å². The molecule has 25 heavy (non-hydrogen) atoms. The molecule has 1 heterocycles. The normalized spacial score (nSPS) is 18.8. The largest absolute Gasteiger partial charge is 0.352 e. The Morgan fingerprint density at radius 2 is 1.96 bits per heavy atom. The minimum absolute atomic E-state index is 0. The minimum Gasteiger partial charge on any atom is -0.352 e. The number of hydrogen-bond donors (Lipinski definition) is 2. The molecule has 0 saturated carbocycles. The number of nitrogens with zero attached hydrogens (tertiary/aromatic N) is 1. The number of piperidine rings is 1. The summed E-state index contributed by atoms with van der Waals surface area (Å²) in [7, 11) is 0. The van der Waals surface area contributed by atoms with Crippen molar-refractivity contribution >= 4 is 30.7 Å². The molecule has 6 heteroatoms. The van der Waals surface area contributed by atoms with Crippen molar-refractivity contribution in [3.63, 3.8) is 0 Å². The van der Waals surface area contributed by atoms with E-state index >= 15 is 0 Å². The van der Waals surface area contributed by atoms with Gasteiger partial charge in [0.25, 0.3) is 0 Å². The standard InChI is InChI=1S/C19H31N3O.2ClH/c1-15(2)11-18(12-20)21-19(23)17-9-6-10-22(14-17)13-16-7-4-3-5-8-16;;/h3-5,7-8,15,17-18H,6,9-14,20H2,1-2H3,(H,21,23);2*1H. The molecular weight excluding hydrogens is 357 g/mol. The molecule has 1 saturated heterocycles. The third kappa shape index (κ3) is 8.41. The van der Waals surface area contributed by atoms with E-state index in [4.69, 9.17) is 5.73 Å². The van der Waals surface area contributed by atoms with E-state index in [-0.39, 0.29) is 42.7 Å². The molecule has 1 aliphatic rings. The van der Waals surface area contributed by atoms with Gasteiger partial charge in [-0.05, 0) is 37.3 Å². The lowest BCUT2D eigenvalue weighted by atomic mass is 9.95. The van der Waals surface area contributed by atoms with Crippen LogP contribution in [0.25, 0.3) is 0 Å². The first-order valence-corrected chi connectivity index (χ1v) is 8.85. The van der Waals surface area contributed by atoms with Gasteiger partial charge in [0.2, 0.25) is 5.91 Å². The number of carbonyl (C=O) groups is 1. The molecule has 1 aliphatic heterocycles. The number of likely N-dealkylation sites (tertiary alicyclic amines) is 1. The number of halogens is 2. The van der Waals surface area contributed by atoms with Crippen LogP contribution in [0.15, 0.2) is 30.3 Å². The predicted octanol–water partition coefficient (Wildman–Crippen LogP) is 3.23. The number of benzene rings is 1. The number of rotatable bonds is 7. The summed E-state index contributed by atoms with van der Waals surface area (Å²) in [5, 5.41) is 3.16. The number of nitrogens with one attached hydrogen (secondary N) is 1. The number of carbonyl (C=O) groups excluding carboxylic acids is 1. The molecule has 144 valence electrons. The maximum Gasteiger partial charge on any atom is 0.224 e. The summed E-state index contributed by atoms with van der Waals surface area (Å²) in [5.41, 5.74) is 7.12. The molecule has 2 atom stereocenters. The van der Waals surface area contributed by atoms with Crippen molar-refractivity contribution in [3.8, 4) is 0 Å². The van der Waals surface area contributed by atoms with Crippen molar-refractivity contribution in [3.05, 3.63) is 35.9 Å². The zero-order chi connectivity index (χ0) is 16.7. The summed E-state index contributed by atoms with van der Waals surface area (Å²) in [5.74, 6) is 0.817. The zero-order valence-electron chi connectivity index (χ0n) is 15.3. The highest BCUT2D eigenvalue weighted by Crippen LogP contribution is 2.19. The molecule has 0 aromatic heterocycles. The van der Waals surface area contributed by atoms with Crippen LogP contribution in [0.1, 0.15) is 38.7 Å². The van der Waals surface area contributed by atoms with Crippen LogP contribution in [0, 0.1) is 11.8 Å². The molecule has 1 amide bonds. The maximum atomic E-state index is 12.6. The summed E-state index contributed by atoms with van der Waals surface area (Å²) in [6.45, 7) is 7.69. The second-order valence-corrected chi connectivity index (χ2v) is 7.13. The Kier molecular flexibility index (Phi) is 12.1. The lowest BCUT2D eigenvalue weighted by molar-refractivity contribution is -0.127. The van der Waals surface area contributed by atoms with Gasteiger partial charge in [-0.1, -0.05) is 44.2 Å². The second kappa shape index (κ2) is 12.5. The zero-order valence-corrected chi connectivity index (χ0v) is 17.0. The van der Waals surface area contributed by atoms with Crippen molar-refractivity contribution in [2.45, 2.75) is 45.7 Å². The van der Waals surface area contributed by atoms with Crippen LogP contribution in [0.4, 0.5) is 0 Å². The molecule has 4 nitrogen and oxygen atoms in total. The highest BCUT2D eigenvalue weighted by atomic mass is 35.5. The lowest BCUT2D eigenvalue weighted by Crippen LogP contribution is -2.48. The number of nitrogens with two attached hydrogens (primary N) is 1.